The number of thioether (sulfide) groups is 1. The number of nitrogens with zero attached hydrogens (tertiary/aromatic N) is 3. The maximum absolute atomic E-state index is 9.54. The third-order valence-corrected chi connectivity index (χ3v) is 3.78. The van der Waals surface area contributed by atoms with E-state index in [1.54, 1.807) is 12.1 Å². The molecule has 2 rings (SSSR count). The van der Waals surface area contributed by atoms with Crippen molar-refractivity contribution in [3.63, 3.8) is 0 Å². The Balaban J connectivity index is 2.54. The predicted octanol–water partition coefficient (Wildman–Crippen LogP) is 4.46. The monoisotopic (exact) mass is 332 g/mol. The van der Waals surface area contributed by atoms with Gasteiger partial charge in [0.25, 0.3) is 0 Å². The Morgan fingerprint density at radius 2 is 1.95 bits per heavy atom. The van der Waals surface area contributed by atoms with Crippen LogP contribution in [0.1, 0.15) is 19.4 Å². The molecule has 0 saturated heterocycles. The molecular formula is C16H17ClN4S. The number of nitrogens with one attached hydrogen (secondary N) is 1. The zero-order valence-electron chi connectivity index (χ0n) is 12.7. The fourth-order valence-corrected chi connectivity index (χ4v) is 2.37. The SMILES string of the molecule is CSc1nc(NCC(C)C)c(C#N)c(-c2ccc(Cl)cc2)n1. The van der Waals surface area contributed by atoms with Crippen molar-refractivity contribution in [2.75, 3.05) is 18.1 Å². The first kappa shape index (κ1) is 16.6. The van der Waals surface area contributed by atoms with Crippen LogP contribution in [-0.4, -0.2) is 22.8 Å². The molecule has 4 nitrogen and oxygen atoms in total. The number of nitriles is 1. The van der Waals surface area contributed by atoms with E-state index in [1.807, 2.05) is 18.4 Å². The van der Waals surface area contributed by atoms with E-state index in [0.29, 0.717) is 33.2 Å². The lowest BCUT2D eigenvalue weighted by Crippen LogP contribution is -2.12. The van der Waals surface area contributed by atoms with E-state index >= 15 is 0 Å². The van der Waals surface area contributed by atoms with E-state index < -0.39 is 0 Å². The second-order valence-electron chi connectivity index (χ2n) is 5.18. The highest BCUT2D eigenvalue weighted by molar-refractivity contribution is 7.98. The molecule has 1 heterocycles. The number of anilines is 1. The second-order valence-corrected chi connectivity index (χ2v) is 6.39. The summed E-state index contributed by atoms with van der Waals surface area (Å²) in [6.07, 6.45) is 1.92. The van der Waals surface area contributed by atoms with E-state index in [2.05, 4.69) is 35.2 Å². The molecule has 2 aromatic rings. The average molecular weight is 333 g/mol. The number of rotatable bonds is 5. The highest BCUT2D eigenvalue weighted by Gasteiger charge is 2.16. The fraction of sp³-hybridized carbons (Fsp3) is 0.312. The van der Waals surface area contributed by atoms with E-state index in [-0.39, 0.29) is 0 Å². The summed E-state index contributed by atoms with van der Waals surface area (Å²) < 4.78 is 0. The van der Waals surface area contributed by atoms with Crippen molar-refractivity contribution in [2.24, 2.45) is 5.92 Å². The van der Waals surface area contributed by atoms with Crippen molar-refractivity contribution < 1.29 is 0 Å². The smallest absolute Gasteiger partial charge is 0.189 e. The van der Waals surface area contributed by atoms with Gasteiger partial charge in [0.05, 0.1) is 5.69 Å². The van der Waals surface area contributed by atoms with Crippen molar-refractivity contribution in [1.82, 2.24) is 9.97 Å². The van der Waals surface area contributed by atoms with Crippen molar-refractivity contribution in [1.29, 1.82) is 5.26 Å². The first-order chi connectivity index (χ1) is 10.5. The first-order valence-electron chi connectivity index (χ1n) is 6.91. The maximum Gasteiger partial charge on any atom is 0.189 e. The van der Waals surface area contributed by atoms with Gasteiger partial charge in [-0.15, -0.1) is 0 Å². The standard InChI is InChI=1S/C16H17ClN4S/c1-10(2)9-19-15-13(8-18)14(20-16(21-15)22-3)11-4-6-12(17)7-5-11/h4-7,10H,9H2,1-3H3,(H,19,20,21). The van der Waals surface area contributed by atoms with Crippen LogP contribution in [0.4, 0.5) is 5.82 Å². The normalized spacial score (nSPS) is 10.5. The van der Waals surface area contributed by atoms with Crippen LogP contribution in [0.15, 0.2) is 29.4 Å². The highest BCUT2D eigenvalue weighted by atomic mass is 35.5. The molecule has 0 fully saturated rings. The molecule has 0 atom stereocenters. The molecule has 0 aliphatic rings. The first-order valence-corrected chi connectivity index (χ1v) is 8.51. The summed E-state index contributed by atoms with van der Waals surface area (Å²) in [5.41, 5.74) is 1.94. The zero-order valence-corrected chi connectivity index (χ0v) is 14.3. The Labute approximate surface area is 139 Å². The molecule has 0 unspecified atom stereocenters. The average Bonchev–Trinajstić information content (AvgIpc) is 2.52. The van der Waals surface area contributed by atoms with Gasteiger partial charge in [-0.3, -0.25) is 0 Å². The molecule has 1 aromatic heterocycles. The summed E-state index contributed by atoms with van der Waals surface area (Å²) in [6, 6.07) is 9.53. The van der Waals surface area contributed by atoms with Gasteiger partial charge in [-0.1, -0.05) is 49.3 Å². The Bertz CT molecular complexity index is 693. The molecule has 1 aromatic carbocycles. The second kappa shape index (κ2) is 7.48. The van der Waals surface area contributed by atoms with Crippen LogP contribution in [0.25, 0.3) is 11.3 Å². The van der Waals surface area contributed by atoms with Gasteiger partial charge in [0.1, 0.15) is 17.5 Å². The summed E-state index contributed by atoms with van der Waals surface area (Å²) in [7, 11) is 0. The molecular weight excluding hydrogens is 316 g/mol. The largest absolute Gasteiger partial charge is 0.369 e. The van der Waals surface area contributed by atoms with Crippen LogP contribution in [0.2, 0.25) is 5.02 Å². The van der Waals surface area contributed by atoms with Crippen LogP contribution in [0, 0.1) is 17.2 Å². The van der Waals surface area contributed by atoms with Gasteiger partial charge >= 0.3 is 0 Å². The van der Waals surface area contributed by atoms with E-state index in [1.165, 1.54) is 11.8 Å². The van der Waals surface area contributed by atoms with Gasteiger partial charge in [-0.05, 0) is 24.3 Å². The van der Waals surface area contributed by atoms with Gasteiger partial charge in [0.2, 0.25) is 0 Å². The minimum absolute atomic E-state index is 0.457. The Morgan fingerprint density at radius 3 is 2.50 bits per heavy atom. The molecule has 114 valence electrons. The molecule has 0 radical (unpaired) electrons. The fourth-order valence-electron chi connectivity index (χ4n) is 1.88. The Hall–Kier alpha value is -1.77. The maximum atomic E-state index is 9.54. The van der Waals surface area contributed by atoms with Crippen molar-refractivity contribution >= 4 is 29.2 Å². The van der Waals surface area contributed by atoms with Crippen molar-refractivity contribution in [2.45, 2.75) is 19.0 Å². The Morgan fingerprint density at radius 1 is 1.27 bits per heavy atom. The van der Waals surface area contributed by atoms with Crippen LogP contribution in [0.5, 0.6) is 0 Å². The number of halogens is 1. The van der Waals surface area contributed by atoms with Gasteiger partial charge in [0.15, 0.2) is 5.16 Å². The number of benzene rings is 1. The minimum Gasteiger partial charge on any atom is -0.369 e. The summed E-state index contributed by atoms with van der Waals surface area (Å²) >= 11 is 7.38. The molecule has 22 heavy (non-hydrogen) atoms. The molecule has 0 bridgehead atoms. The molecule has 1 N–H and O–H groups in total. The lowest BCUT2D eigenvalue weighted by Gasteiger charge is -2.13. The van der Waals surface area contributed by atoms with Gasteiger partial charge < -0.3 is 5.32 Å². The summed E-state index contributed by atoms with van der Waals surface area (Å²) in [4.78, 5) is 8.93. The third-order valence-electron chi connectivity index (χ3n) is 2.98. The molecule has 0 spiro atoms. The van der Waals surface area contributed by atoms with Crippen molar-refractivity contribution in [3.05, 3.63) is 34.9 Å². The summed E-state index contributed by atoms with van der Waals surface area (Å²) in [5.74, 6) is 1.04. The van der Waals surface area contributed by atoms with Crippen LogP contribution in [-0.2, 0) is 0 Å². The van der Waals surface area contributed by atoms with E-state index in [9.17, 15) is 5.26 Å². The predicted molar refractivity (Wildman–Crippen MR) is 92.3 cm³/mol. The summed E-state index contributed by atoms with van der Waals surface area (Å²) in [5, 5.41) is 14.1. The van der Waals surface area contributed by atoms with Crippen molar-refractivity contribution in [3.8, 4) is 17.3 Å². The van der Waals surface area contributed by atoms with E-state index in [0.717, 1.165) is 12.1 Å². The lowest BCUT2D eigenvalue weighted by atomic mass is 10.1. The molecule has 6 heteroatoms. The number of aromatic nitrogens is 2. The lowest BCUT2D eigenvalue weighted by molar-refractivity contribution is 0.685. The molecule has 0 aliphatic heterocycles. The van der Waals surface area contributed by atoms with E-state index in [4.69, 9.17) is 11.6 Å². The zero-order chi connectivity index (χ0) is 16.1. The number of hydrogen-bond acceptors (Lipinski definition) is 5. The molecule has 0 saturated carbocycles. The minimum atomic E-state index is 0.457. The van der Waals surface area contributed by atoms with Gasteiger partial charge in [0, 0.05) is 17.1 Å². The quantitative estimate of drug-likeness (QED) is 0.647. The van der Waals surface area contributed by atoms with Crippen LogP contribution >= 0.6 is 23.4 Å². The van der Waals surface area contributed by atoms with Gasteiger partial charge in [-0.25, -0.2) is 9.97 Å². The van der Waals surface area contributed by atoms with Gasteiger partial charge in [-0.2, -0.15) is 5.26 Å². The Kier molecular flexibility index (Phi) is 5.64. The van der Waals surface area contributed by atoms with Crippen LogP contribution < -0.4 is 5.32 Å². The summed E-state index contributed by atoms with van der Waals surface area (Å²) in [6.45, 7) is 4.96. The highest BCUT2D eigenvalue weighted by Crippen LogP contribution is 2.29. The number of hydrogen-bond donors (Lipinski definition) is 1. The topological polar surface area (TPSA) is 61.6 Å². The van der Waals surface area contributed by atoms with Crippen LogP contribution in [0.3, 0.4) is 0 Å². The third kappa shape index (κ3) is 3.90. The molecule has 0 aliphatic carbocycles. The molecule has 0 amide bonds.